The number of fused-ring (bicyclic) bond motifs is 1. The van der Waals surface area contributed by atoms with Gasteiger partial charge in [0.2, 0.25) is 5.91 Å². The molecule has 0 radical (unpaired) electrons. The molecular formula is C21H24N2O5S. The molecule has 0 saturated carbocycles. The van der Waals surface area contributed by atoms with Crippen LogP contribution < -0.4 is 10.6 Å². The molecule has 1 heterocycles. The van der Waals surface area contributed by atoms with Crippen molar-refractivity contribution in [3.63, 3.8) is 0 Å². The zero-order chi connectivity index (χ0) is 20.8. The Bertz CT molecular complexity index is 922. The number of hydrogen-bond acceptors (Lipinski definition) is 7. The minimum atomic E-state index is -0.482. The number of methoxy groups -OCH3 is 1. The highest BCUT2D eigenvalue weighted by Crippen LogP contribution is 2.38. The van der Waals surface area contributed by atoms with Gasteiger partial charge in [-0.1, -0.05) is 12.1 Å². The Kier molecular flexibility index (Phi) is 6.87. The van der Waals surface area contributed by atoms with Crippen LogP contribution in [-0.2, 0) is 27.1 Å². The summed E-state index contributed by atoms with van der Waals surface area (Å²) in [5.41, 5.74) is 2.33. The predicted octanol–water partition coefficient (Wildman–Crippen LogP) is 3.64. The summed E-state index contributed by atoms with van der Waals surface area (Å²) in [5.74, 6) is -1.19. The van der Waals surface area contributed by atoms with Gasteiger partial charge in [0, 0.05) is 10.6 Å². The lowest BCUT2D eigenvalue weighted by molar-refractivity contribution is -0.114. The molecule has 7 nitrogen and oxygen atoms in total. The Morgan fingerprint density at radius 3 is 2.62 bits per heavy atom. The SMILES string of the molecule is CCOC(=O)c1c(NC(=O)CNc2ccccc2C(=O)OC)sc2c1CCCC2. The molecule has 2 N–H and O–H groups in total. The summed E-state index contributed by atoms with van der Waals surface area (Å²) < 4.78 is 9.97. The van der Waals surface area contributed by atoms with Crippen molar-refractivity contribution in [2.45, 2.75) is 32.6 Å². The number of ether oxygens (including phenoxy) is 2. The second-order valence-electron chi connectivity index (χ2n) is 6.57. The van der Waals surface area contributed by atoms with Crippen LogP contribution in [0.2, 0.25) is 0 Å². The molecule has 0 atom stereocenters. The highest BCUT2D eigenvalue weighted by molar-refractivity contribution is 7.17. The number of carbonyl (C=O) groups is 3. The van der Waals surface area contributed by atoms with Crippen LogP contribution >= 0.6 is 11.3 Å². The minimum Gasteiger partial charge on any atom is -0.465 e. The number of carbonyl (C=O) groups excluding carboxylic acids is 3. The molecule has 0 aliphatic heterocycles. The molecule has 1 amide bonds. The van der Waals surface area contributed by atoms with E-state index in [9.17, 15) is 14.4 Å². The molecule has 0 saturated heterocycles. The van der Waals surface area contributed by atoms with Gasteiger partial charge in [-0.25, -0.2) is 9.59 Å². The molecule has 1 aliphatic carbocycles. The van der Waals surface area contributed by atoms with Crippen LogP contribution in [-0.4, -0.2) is 38.1 Å². The predicted molar refractivity (Wildman–Crippen MR) is 112 cm³/mol. The lowest BCUT2D eigenvalue weighted by Gasteiger charge is -2.13. The van der Waals surface area contributed by atoms with E-state index in [2.05, 4.69) is 10.6 Å². The Morgan fingerprint density at radius 2 is 1.86 bits per heavy atom. The first-order valence-electron chi connectivity index (χ1n) is 9.57. The van der Waals surface area contributed by atoms with E-state index < -0.39 is 11.9 Å². The van der Waals surface area contributed by atoms with E-state index in [4.69, 9.17) is 9.47 Å². The maximum atomic E-state index is 12.5. The maximum Gasteiger partial charge on any atom is 0.341 e. The molecule has 2 aromatic rings. The third kappa shape index (κ3) is 4.76. The van der Waals surface area contributed by atoms with Crippen LogP contribution in [0.4, 0.5) is 10.7 Å². The lowest BCUT2D eigenvalue weighted by atomic mass is 9.95. The van der Waals surface area contributed by atoms with Gasteiger partial charge < -0.3 is 20.1 Å². The summed E-state index contributed by atoms with van der Waals surface area (Å²) in [6.07, 6.45) is 3.83. The fourth-order valence-electron chi connectivity index (χ4n) is 3.34. The quantitative estimate of drug-likeness (QED) is 0.670. The number of hydrogen-bond donors (Lipinski definition) is 2. The highest BCUT2D eigenvalue weighted by Gasteiger charge is 2.27. The van der Waals surface area contributed by atoms with E-state index >= 15 is 0 Å². The van der Waals surface area contributed by atoms with Gasteiger partial charge in [0.1, 0.15) is 5.00 Å². The zero-order valence-electron chi connectivity index (χ0n) is 16.5. The number of nitrogens with one attached hydrogen (secondary N) is 2. The average Bonchev–Trinajstić information content (AvgIpc) is 3.09. The fourth-order valence-corrected chi connectivity index (χ4v) is 4.64. The number of benzene rings is 1. The van der Waals surface area contributed by atoms with E-state index in [0.29, 0.717) is 21.8 Å². The van der Waals surface area contributed by atoms with E-state index in [1.807, 2.05) is 0 Å². The van der Waals surface area contributed by atoms with Gasteiger partial charge in [-0.15, -0.1) is 11.3 Å². The Balaban J connectivity index is 1.74. The summed E-state index contributed by atoms with van der Waals surface area (Å²) >= 11 is 1.44. The smallest absolute Gasteiger partial charge is 0.341 e. The fraction of sp³-hybridized carbons (Fsp3) is 0.381. The molecule has 0 fully saturated rings. The van der Waals surface area contributed by atoms with E-state index in [-0.39, 0.29) is 19.1 Å². The van der Waals surface area contributed by atoms with Crippen molar-refractivity contribution in [2.75, 3.05) is 30.9 Å². The van der Waals surface area contributed by atoms with E-state index in [0.717, 1.165) is 36.1 Å². The van der Waals surface area contributed by atoms with Crippen LogP contribution in [0, 0.1) is 0 Å². The molecule has 1 aromatic carbocycles. The molecule has 8 heteroatoms. The topological polar surface area (TPSA) is 93.7 Å². The van der Waals surface area contributed by atoms with E-state index in [1.165, 1.54) is 18.4 Å². The molecule has 1 aromatic heterocycles. The monoisotopic (exact) mass is 416 g/mol. The Morgan fingerprint density at radius 1 is 1.10 bits per heavy atom. The second-order valence-corrected chi connectivity index (χ2v) is 7.68. The molecule has 154 valence electrons. The van der Waals surface area contributed by atoms with Crippen molar-refractivity contribution < 1.29 is 23.9 Å². The van der Waals surface area contributed by atoms with Gasteiger partial charge in [0.25, 0.3) is 0 Å². The summed E-state index contributed by atoms with van der Waals surface area (Å²) in [5, 5.41) is 6.33. The van der Waals surface area contributed by atoms with Crippen LogP contribution in [0.5, 0.6) is 0 Å². The Hall–Kier alpha value is -2.87. The molecule has 1 aliphatic rings. The van der Waals surface area contributed by atoms with Crippen molar-refractivity contribution in [1.82, 2.24) is 0 Å². The van der Waals surface area contributed by atoms with Crippen molar-refractivity contribution >= 4 is 39.9 Å². The van der Waals surface area contributed by atoms with Crippen molar-refractivity contribution in [2.24, 2.45) is 0 Å². The summed E-state index contributed by atoms with van der Waals surface area (Å²) in [6.45, 7) is 1.99. The minimum absolute atomic E-state index is 0.0567. The average molecular weight is 416 g/mol. The van der Waals surface area contributed by atoms with E-state index in [1.54, 1.807) is 31.2 Å². The van der Waals surface area contributed by atoms with Gasteiger partial charge in [0.15, 0.2) is 0 Å². The highest BCUT2D eigenvalue weighted by atomic mass is 32.1. The van der Waals surface area contributed by atoms with Crippen molar-refractivity contribution in [3.8, 4) is 0 Å². The zero-order valence-corrected chi connectivity index (χ0v) is 17.3. The third-order valence-corrected chi connectivity index (χ3v) is 5.88. The number of rotatable bonds is 7. The van der Waals surface area contributed by atoms with Crippen molar-refractivity contribution in [1.29, 1.82) is 0 Å². The third-order valence-electron chi connectivity index (χ3n) is 4.68. The normalized spacial score (nSPS) is 12.6. The number of esters is 2. The van der Waals surface area contributed by atoms with Crippen molar-refractivity contribution in [3.05, 3.63) is 45.8 Å². The van der Waals surface area contributed by atoms with Crippen LogP contribution in [0.1, 0.15) is 50.9 Å². The van der Waals surface area contributed by atoms with Gasteiger partial charge in [0.05, 0.1) is 31.4 Å². The van der Waals surface area contributed by atoms with Crippen LogP contribution in [0.15, 0.2) is 24.3 Å². The summed E-state index contributed by atoms with van der Waals surface area (Å²) in [6, 6.07) is 6.81. The molecule has 3 rings (SSSR count). The second kappa shape index (κ2) is 9.56. The first kappa shape index (κ1) is 20.9. The van der Waals surface area contributed by atoms with Crippen LogP contribution in [0.25, 0.3) is 0 Å². The van der Waals surface area contributed by atoms with Gasteiger partial charge in [-0.3, -0.25) is 4.79 Å². The van der Waals surface area contributed by atoms with Gasteiger partial charge in [-0.05, 0) is 50.3 Å². The number of anilines is 2. The molecular weight excluding hydrogens is 392 g/mol. The molecule has 0 unspecified atom stereocenters. The van der Waals surface area contributed by atoms with Crippen LogP contribution in [0.3, 0.4) is 0 Å². The number of aryl methyl sites for hydroxylation is 1. The largest absolute Gasteiger partial charge is 0.465 e. The number of amides is 1. The molecule has 0 spiro atoms. The first-order valence-corrected chi connectivity index (χ1v) is 10.4. The Labute approximate surface area is 173 Å². The number of thiophene rings is 1. The molecule has 29 heavy (non-hydrogen) atoms. The van der Waals surface area contributed by atoms with Gasteiger partial charge in [-0.2, -0.15) is 0 Å². The summed E-state index contributed by atoms with van der Waals surface area (Å²) in [7, 11) is 1.31. The first-order chi connectivity index (χ1) is 14.0. The maximum absolute atomic E-state index is 12.5. The van der Waals surface area contributed by atoms with Gasteiger partial charge >= 0.3 is 11.9 Å². The number of para-hydroxylation sites is 1. The lowest BCUT2D eigenvalue weighted by Crippen LogP contribution is -2.23. The standard InChI is InChI=1S/C21H24N2O5S/c1-3-28-21(26)18-14-9-5-7-11-16(14)29-19(18)23-17(24)12-22-15-10-6-4-8-13(15)20(25)27-2/h4,6,8,10,22H,3,5,7,9,11-12H2,1-2H3,(H,23,24). The molecule has 0 bridgehead atoms. The summed E-state index contributed by atoms with van der Waals surface area (Å²) in [4.78, 5) is 38.0.